The summed E-state index contributed by atoms with van der Waals surface area (Å²) < 4.78 is 39.0. The van der Waals surface area contributed by atoms with Gasteiger partial charge in [-0.1, -0.05) is 17.7 Å². The first kappa shape index (κ1) is 17.9. The van der Waals surface area contributed by atoms with Gasteiger partial charge in [0.2, 0.25) is 0 Å². The van der Waals surface area contributed by atoms with Crippen molar-refractivity contribution in [2.24, 2.45) is 0 Å². The van der Waals surface area contributed by atoms with Gasteiger partial charge in [0.15, 0.2) is 0 Å². The molecule has 0 aliphatic carbocycles. The predicted molar refractivity (Wildman–Crippen MR) is 92.9 cm³/mol. The van der Waals surface area contributed by atoms with Crippen molar-refractivity contribution < 1.29 is 18.1 Å². The van der Waals surface area contributed by atoms with E-state index in [2.05, 4.69) is 10.3 Å². The van der Waals surface area contributed by atoms with Crippen LogP contribution in [0, 0.1) is 17.0 Å². The van der Waals surface area contributed by atoms with Crippen LogP contribution in [0.5, 0.6) is 0 Å². The molecule has 9 heteroatoms. The zero-order valence-corrected chi connectivity index (χ0v) is 14.0. The average Bonchev–Trinajstić information content (AvgIpc) is 2.55. The van der Waals surface area contributed by atoms with Gasteiger partial charge in [0.25, 0.3) is 5.69 Å². The largest absolute Gasteiger partial charge is 0.417 e. The number of fused-ring (bicyclic) bond motifs is 1. The van der Waals surface area contributed by atoms with Crippen molar-refractivity contribution in [1.82, 2.24) is 4.98 Å². The van der Waals surface area contributed by atoms with Gasteiger partial charge in [-0.15, -0.1) is 0 Å². The molecule has 0 spiro atoms. The molecule has 5 nitrogen and oxygen atoms in total. The number of alkyl halides is 3. The molecule has 3 rings (SSSR count). The zero-order valence-electron chi connectivity index (χ0n) is 13.3. The second-order valence-electron chi connectivity index (χ2n) is 5.56. The Hall–Kier alpha value is -2.87. The Bertz CT molecular complexity index is 1020. The standard InChI is InChI=1S/C17H11ClF3N3O2/c1-9-2-4-12-11(15(9)24(25)26)6-7-22-16(12)23-10-3-5-14(18)13(8-10)17(19,20)21/h2-8H,1H3,(H,22,23). The van der Waals surface area contributed by atoms with Crippen molar-refractivity contribution in [2.75, 3.05) is 5.32 Å². The summed E-state index contributed by atoms with van der Waals surface area (Å²) >= 11 is 5.61. The Kier molecular flexibility index (Phi) is 4.45. The van der Waals surface area contributed by atoms with Crippen molar-refractivity contribution in [3.05, 3.63) is 68.9 Å². The fraction of sp³-hybridized carbons (Fsp3) is 0.118. The van der Waals surface area contributed by atoms with Crippen LogP contribution in [0.15, 0.2) is 42.6 Å². The lowest BCUT2D eigenvalue weighted by Crippen LogP contribution is -2.07. The van der Waals surface area contributed by atoms with Crippen molar-refractivity contribution in [3.8, 4) is 0 Å². The van der Waals surface area contributed by atoms with Crippen molar-refractivity contribution >= 4 is 39.6 Å². The summed E-state index contributed by atoms with van der Waals surface area (Å²) in [6.07, 6.45) is -3.24. The Morgan fingerprint density at radius 3 is 2.54 bits per heavy atom. The number of aryl methyl sites for hydroxylation is 1. The highest BCUT2D eigenvalue weighted by molar-refractivity contribution is 6.31. The average molecular weight is 382 g/mol. The fourth-order valence-corrected chi connectivity index (χ4v) is 2.87. The van der Waals surface area contributed by atoms with Gasteiger partial charge in [-0.2, -0.15) is 13.2 Å². The number of hydrogen-bond acceptors (Lipinski definition) is 4. The number of rotatable bonds is 3. The molecule has 0 radical (unpaired) electrons. The van der Waals surface area contributed by atoms with E-state index in [0.29, 0.717) is 16.3 Å². The molecule has 134 valence electrons. The summed E-state index contributed by atoms with van der Waals surface area (Å²) in [4.78, 5) is 14.9. The van der Waals surface area contributed by atoms with E-state index in [-0.39, 0.29) is 17.2 Å². The third-order valence-electron chi connectivity index (χ3n) is 3.84. The number of hydrogen-bond donors (Lipinski definition) is 1. The quantitative estimate of drug-likeness (QED) is 0.455. The molecule has 0 unspecified atom stereocenters. The molecule has 0 saturated heterocycles. The molecule has 0 aliphatic rings. The summed E-state index contributed by atoms with van der Waals surface area (Å²) in [6, 6.07) is 8.06. The molecule has 26 heavy (non-hydrogen) atoms. The van der Waals surface area contributed by atoms with E-state index in [1.54, 1.807) is 19.1 Å². The summed E-state index contributed by atoms with van der Waals surface area (Å²) in [5.74, 6) is 0.209. The molecule has 0 amide bonds. The second kappa shape index (κ2) is 6.45. The van der Waals surface area contributed by atoms with E-state index in [9.17, 15) is 23.3 Å². The van der Waals surface area contributed by atoms with Crippen molar-refractivity contribution in [2.45, 2.75) is 13.1 Å². The van der Waals surface area contributed by atoms with Gasteiger partial charge in [0.05, 0.1) is 20.9 Å². The first-order valence-electron chi connectivity index (χ1n) is 7.35. The van der Waals surface area contributed by atoms with E-state index < -0.39 is 21.7 Å². The highest BCUT2D eigenvalue weighted by Crippen LogP contribution is 2.38. The second-order valence-corrected chi connectivity index (χ2v) is 5.97. The number of nitro groups is 1. The number of aromatic nitrogens is 1. The number of nitrogens with one attached hydrogen (secondary N) is 1. The van der Waals surface area contributed by atoms with Gasteiger partial charge in [0, 0.05) is 22.8 Å². The molecule has 0 aliphatic heterocycles. The Labute approximate surface area is 150 Å². The first-order valence-corrected chi connectivity index (χ1v) is 7.73. The number of halogens is 4. The van der Waals surface area contributed by atoms with Crippen LogP contribution >= 0.6 is 11.6 Å². The summed E-state index contributed by atoms with van der Waals surface area (Å²) in [7, 11) is 0. The first-order chi connectivity index (χ1) is 12.2. The topological polar surface area (TPSA) is 68.1 Å². The van der Waals surface area contributed by atoms with Crippen molar-refractivity contribution in [1.29, 1.82) is 0 Å². The highest BCUT2D eigenvalue weighted by Gasteiger charge is 2.33. The Morgan fingerprint density at radius 2 is 1.88 bits per heavy atom. The summed E-state index contributed by atoms with van der Waals surface area (Å²) in [5.41, 5.74) is -0.457. The van der Waals surface area contributed by atoms with Crippen LogP contribution in [-0.2, 0) is 6.18 Å². The third-order valence-corrected chi connectivity index (χ3v) is 4.17. The number of anilines is 2. The van der Waals surface area contributed by atoms with Gasteiger partial charge in [0.1, 0.15) is 5.82 Å². The molecule has 0 atom stereocenters. The van der Waals surface area contributed by atoms with Crippen LogP contribution in [0.25, 0.3) is 10.8 Å². The highest BCUT2D eigenvalue weighted by atomic mass is 35.5. The summed E-state index contributed by atoms with van der Waals surface area (Å²) in [5, 5.41) is 14.5. The number of nitrogens with zero attached hydrogens (tertiary/aromatic N) is 2. The molecule has 0 bridgehead atoms. The minimum atomic E-state index is -4.60. The molecule has 1 heterocycles. The normalized spacial score (nSPS) is 11.6. The molecule has 0 saturated carbocycles. The van der Waals surface area contributed by atoms with E-state index in [4.69, 9.17) is 11.6 Å². The Balaban J connectivity index is 2.11. The van der Waals surface area contributed by atoms with E-state index >= 15 is 0 Å². The minimum absolute atomic E-state index is 0.0694. The van der Waals surface area contributed by atoms with Crippen LogP contribution in [0.4, 0.5) is 30.4 Å². The lowest BCUT2D eigenvalue weighted by Gasteiger charge is -2.13. The maximum atomic E-state index is 13.0. The van der Waals surface area contributed by atoms with Crippen LogP contribution < -0.4 is 5.32 Å². The maximum Gasteiger partial charge on any atom is 0.417 e. The van der Waals surface area contributed by atoms with Crippen LogP contribution in [-0.4, -0.2) is 9.91 Å². The third kappa shape index (κ3) is 3.28. The van der Waals surface area contributed by atoms with Gasteiger partial charge >= 0.3 is 6.18 Å². The van der Waals surface area contributed by atoms with Gasteiger partial charge < -0.3 is 5.32 Å². The predicted octanol–water partition coefficient (Wildman–Crippen LogP) is 5.87. The van der Waals surface area contributed by atoms with E-state index in [1.165, 1.54) is 18.3 Å². The van der Waals surface area contributed by atoms with Gasteiger partial charge in [-0.05, 0) is 37.3 Å². The van der Waals surface area contributed by atoms with Crippen LogP contribution in [0.2, 0.25) is 5.02 Å². The van der Waals surface area contributed by atoms with E-state index in [0.717, 1.165) is 12.1 Å². The molecule has 2 aromatic carbocycles. The maximum absolute atomic E-state index is 13.0. The lowest BCUT2D eigenvalue weighted by atomic mass is 10.1. The molecule has 1 N–H and O–H groups in total. The SMILES string of the molecule is Cc1ccc2c(Nc3ccc(Cl)c(C(F)(F)F)c3)nccc2c1[N+](=O)[O-]. The molecule has 3 aromatic rings. The summed E-state index contributed by atoms with van der Waals surface area (Å²) in [6.45, 7) is 1.61. The van der Waals surface area contributed by atoms with Crippen molar-refractivity contribution in [3.63, 3.8) is 0 Å². The fourth-order valence-electron chi connectivity index (χ4n) is 2.65. The molecular formula is C17H11ClF3N3O2. The lowest BCUT2D eigenvalue weighted by molar-refractivity contribution is -0.383. The number of pyridine rings is 1. The molecular weight excluding hydrogens is 371 g/mol. The van der Waals surface area contributed by atoms with Crippen LogP contribution in [0.1, 0.15) is 11.1 Å². The Morgan fingerprint density at radius 1 is 1.15 bits per heavy atom. The van der Waals surface area contributed by atoms with E-state index in [1.807, 2.05) is 0 Å². The monoisotopic (exact) mass is 381 g/mol. The molecule has 0 fully saturated rings. The molecule has 1 aromatic heterocycles. The number of nitro benzene ring substituents is 1. The number of benzene rings is 2. The zero-order chi connectivity index (χ0) is 19.1. The van der Waals surface area contributed by atoms with Gasteiger partial charge in [-0.3, -0.25) is 10.1 Å². The minimum Gasteiger partial charge on any atom is -0.340 e. The smallest absolute Gasteiger partial charge is 0.340 e. The van der Waals surface area contributed by atoms with Gasteiger partial charge in [-0.25, -0.2) is 4.98 Å². The van der Waals surface area contributed by atoms with Crippen LogP contribution in [0.3, 0.4) is 0 Å².